The fraction of sp³-hybridized carbons (Fsp3) is 0.154. The second-order valence-electron chi connectivity index (χ2n) is 4.18. The molecule has 1 aromatic carbocycles. The van der Waals surface area contributed by atoms with Gasteiger partial charge in [0.15, 0.2) is 0 Å². The highest BCUT2D eigenvalue weighted by atomic mass is 79.9. The maximum absolute atomic E-state index is 4.45. The molecule has 0 spiro atoms. The van der Waals surface area contributed by atoms with Gasteiger partial charge < -0.3 is 5.32 Å². The first-order chi connectivity index (χ1) is 9.24. The summed E-state index contributed by atoms with van der Waals surface area (Å²) in [7, 11) is 1.88. The Hall–Kier alpha value is -1.95. The summed E-state index contributed by atoms with van der Waals surface area (Å²) in [5, 5.41) is 8.49. The average molecular weight is 318 g/mol. The molecule has 0 aliphatic heterocycles. The van der Waals surface area contributed by atoms with Crippen molar-refractivity contribution in [2.75, 3.05) is 5.32 Å². The molecule has 2 heterocycles. The van der Waals surface area contributed by atoms with Crippen LogP contribution in [-0.2, 0) is 13.6 Å². The normalized spacial score (nSPS) is 10.8. The molecule has 5 nitrogen and oxygen atoms in total. The Morgan fingerprint density at radius 1 is 1.32 bits per heavy atom. The predicted octanol–water partition coefficient (Wildman–Crippen LogP) is 2.74. The van der Waals surface area contributed by atoms with E-state index in [1.54, 1.807) is 17.2 Å². The summed E-state index contributed by atoms with van der Waals surface area (Å²) in [5.74, 6) is 0.883. The van der Waals surface area contributed by atoms with Crippen molar-refractivity contribution in [3.05, 3.63) is 47.1 Å². The van der Waals surface area contributed by atoms with E-state index in [9.17, 15) is 0 Å². The minimum Gasteiger partial charge on any atom is -0.376 e. The van der Waals surface area contributed by atoms with Crippen LogP contribution in [0.5, 0.6) is 0 Å². The van der Waals surface area contributed by atoms with Crippen molar-refractivity contribution >= 4 is 32.5 Å². The quantitative estimate of drug-likeness (QED) is 0.807. The van der Waals surface area contributed by atoms with Gasteiger partial charge in [0, 0.05) is 23.1 Å². The first-order valence-corrected chi connectivity index (χ1v) is 6.64. The van der Waals surface area contributed by atoms with Crippen LogP contribution in [0.3, 0.4) is 0 Å². The fourth-order valence-corrected chi connectivity index (χ4v) is 2.28. The van der Waals surface area contributed by atoms with Crippen molar-refractivity contribution in [3.8, 4) is 0 Å². The van der Waals surface area contributed by atoms with Crippen LogP contribution < -0.4 is 5.32 Å². The summed E-state index contributed by atoms with van der Waals surface area (Å²) >= 11 is 3.43. The third kappa shape index (κ3) is 2.44. The number of hydrogen-bond donors (Lipinski definition) is 1. The zero-order chi connectivity index (χ0) is 13.2. The molecule has 0 aliphatic carbocycles. The first kappa shape index (κ1) is 12.1. The molecule has 3 rings (SSSR count). The molecule has 0 unspecified atom stereocenters. The molecule has 0 saturated carbocycles. The van der Waals surface area contributed by atoms with Crippen molar-refractivity contribution in [2.24, 2.45) is 7.05 Å². The smallest absolute Gasteiger partial charge is 0.145 e. The molecule has 6 heteroatoms. The van der Waals surface area contributed by atoms with Gasteiger partial charge in [0.05, 0.1) is 17.7 Å². The van der Waals surface area contributed by atoms with E-state index in [0.717, 1.165) is 26.9 Å². The van der Waals surface area contributed by atoms with Crippen LogP contribution in [0, 0.1) is 0 Å². The van der Waals surface area contributed by atoms with Crippen molar-refractivity contribution in [3.63, 3.8) is 0 Å². The predicted molar refractivity (Wildman–Crippen MR) is 77.8 cm³/mol. The lowest BCUT2D eigenvalue weighted by Gasteiger charge is -2.08. The van der Waals surface area contributed by atoms with Gasteiger partial charge in [0.1, 0.15) is 12.2 Å². The fourth-order valence-electron chi connectivity index (χ4n) is 1.93. The number of fused-ring (bicyclic) bond motifs is 1. The second-order valence-corrected chi connectivity index (χ2v) is 5.10. The van der Waals surface area contributed by atoms with Gasteiger partial charge in [-0.05, 0) is 28.1 Å². The molecule has 0 aliphatic rings. The minimum atomic E-state index is 0.618. The van der Waals surface area contributed by atoms with Crippen LogP contribution in [0.25, 0.3) is 10.9 Å². The van der Waals surface area contributed by atoms with Gasteiger partial charge in [-0.15, -0.1) is 0 Å². The number of nitrogens with one attached hydrogen (secondary N) is 1. The van der Waals surface area contributed by atoms with Gasteiger partial charge in [-0.1, -0.05) is 12.1 Å². The van der Waals surface area contributed by atoms with Gasteiger partial charge in [0.25, 0.3) is 0 Å². The number of rotatable bonds is 3. The molecule has 2 aromatic heterocycles. The van der Waals surface area contributed by atoms with Crippen LogP contribution in [0.15, 0.2) is 41.3 Å². The molecule has 1 N–H and O–H groups in total. The summed E-state index contributed by atoms with van der Waals surface area (Å²) < 4.78 is 2.73. The SMILES string of the molecule is Cn1ncnc1CNc1cccc2cc(Br)cnc12. The zero-order valence-electron chi connectivity index (χ0n) is 10.3. The van der Waals surface area contributed by atoms with E-state index >= 15 is 0 Å². The van der Waals surface area contributed by atoms with Gasteiger partial charge >= 0.3 is 0 Å². The monoisotopic (exact) mass is 317 g/mol. The van der Waals surface area contributed by atoms with Crippen molar-refractivity contribution < 1.29 is 0 Å². The Kier molecular flexibility index (Phi) is 3.16. The topological polar surface area (TPSA) is 55.6 Å². The number of benzene rings is 1. The third-order valence-electron chi connectivity index (χ3n) is 2.92. The summed E-state index contributed by atoms with van der Waals surface area (Å²) in [6, 6.07) is 8.12. The van der Waals surface area contributed by atoms with Crippen LogP contribution in [0.4, 0.5) is 5.69 Å². The van der Waals surface area contributed by atoms with Gasteiger partial charge in [-0.25, -0.2) is 4.98 Å². The number of pyridine rings is 1. The van der Waals surface area contributed by atoms with Crippen molar-refractivity contribution in [2.45, 2.75) is 6.54 Å². The van der Waals surface area contributed by atoms with Gasteiger partial charge in [0.2, 0.25) is 0 Å². The number of hydrogen-bond acceptors (Lipinski definition) is 4. The molecule has 3 aromatic rings. The van der Waals surface area contributed by atoms with E-state index < -0.39 is 0 Å². The van der Waals surface area contributed by atoms with Crippen LogP contribution in [-0.4, -0.2) is 19.7 Å². The Labute approximate surface area is 118 Å². The highest BCUT2D eigenvalue weighted by molar-refractivity contribution is 9.10. The molecule has 0 amide bonds. The maximum Gasteiger partial charge on any atom is 0.145 e. The summed E-state index contributed by atoms with van der Waals surface area (Å²) in [5.41, 5.74) is 1.95. The zero-order valence-corrected chi connectivity index (χ0v) is 11.9. The largest absolute Gasteiger partial charge is 0.376 e. The molecular weight excluding hydrogens is 306 g/mol. The number of aromatic nitrogens is 4. The van der Waals surface area contributed by atoms with E-state index in [0.29, 0.717) is 6.54 Å². The number of halogens is 1. The van der Waals surface area contributed by atoms with Crippen LogP contribution in [0.1, 0.15) is 5.82 Å². The number of anilines is 1. The van der Waals surface area contributed by atoms with E-state index in [2.05, 4.69) is 42.4 Å². The van der Waals surface area contributed by atoms with Crippen LogP contribution in [0.2, 0.25) is 0 Å². The highest BCUT2D eigenvalue weighted by Crippen LogP contribution is 2.24. The van der Waals surface area contributed by atoms with Crippen molar-refractivity contribution in [1.29, 1.82) is 0 Å². The number of nitrogens with zero attached hydrogens (tertiary/aromatic N) is 4. The van der Waals surface area contributed by atoms with Crippen molar-refractivity contribution in [1.82, 2.24) is 19.7 Å². The Bertz CT molecular complexity index is 722. The lowest BCUT2D eigenvalue weighted by atomic mass is 10.2. The van der Waals surface area contributed by atoms with E-state index in [-0.39, 0.29) is 0 Å². The van der Waals surface area contributed by atoms with E-state index in [4.69, 9.17) is 0 Å². The highest BCUT2D eigenvalue weighted by Gasteiger charge is 2.04. The number of para-hydroxylation sites is 1. The molecule has 0 radical (unpaired) electrons. The molecular formula is C13H12BrN5. The summed E-state index contributed by atoms with van der Waals surface area (Å²) in [6.07, 6.45) is 3.35. The Morgan fingerprint density at radius 3 is 3.00 bits per heavy atom. The summed E-state index contributed by atoms with van der Waals surface area (Å²) in [4.78, 5) is 8.64. The third-order valence-corrected chi connectivity index (χ3v) is 3.35. The van der Waals surface area contributed by atoms with Gasteiger partial charge in [-0.3, -0.25) is 9.67 Å². The summed E-state index contributed by atoms with van der Waals surface area (Å²) in [6.45, 7) is 0.618. The molecule has 96 valence electrons. The van der Waals surface area contributed by atoms with Crippen LogP contribution >= 0.6 is 15.9 Å². The lowest BCUT2D eigenvalue weighted by Crippen LogP contribution is -2.07. The lowest BCUT2D eigenvalue weighted by molar-refractivity contribution is 0.712. The molecule has 0 saturated heterocycles. The molecule has 0 atom stereocenters. The maximum atomic E-state index is 4.45. The number of aryl methyl sites for hydroxylation is 1. The molecule has 0 fully saturated rings. The van der Waals surface area contributed by atoms with E-state index in [1.807, 2.05) is 25.2 Å². The standard InChI is InChI=1S/C13H12BrN5/c1-19-12(17-8-18-19)7-15-11-4-2-3-9-5-10(14)6-16-13(9)11/h2-6,8,15H,7H2,1H3. The molecule has 0 bridgehead atoms. The first-order valence-electron chi connectivity index (χ1n) is 5.85. The van der Waals surface area contributed by atoms with E-state index in [1.165, 1.54) is 0 Å². The average Bonchev–Trinajstić information content (AvgIpc) is 2.81. The Balaban J connectivity index is 1.91. The molecule has 19 heavy (non-hydrogen) atoms. The van der Waals surface area contributed by atoms with Gasteiger partial charge in [-0.2, -0.15) is 5.10 Å². The Morgan fingerprint density at radius 2 is 2.21 bits per heavy atom. The second kappa shape index (κ2) is 4.97. The minimum absolute atomic E-state index is 0.618.